The molecule has 220 valence electrons. The smallest absolute Gasteiger partial charge is 0.269 e. The third-order valence-electron chi connectivity index (χ3n) is 6.59. The van der Waals surface area contributed by atoms with Crippen LogP contribution in [0.1, 0.15) is 30.4 Å². The van der Waals surface area contributed by atoms with Crippen molar-refractivity contribution in [3.8, 4) is 11.5 Å². The number of aliphatic hydroxyl groups excluding tert-OH is 1. The van der Waals surface area contributed by atoms with E-state index in [1.165, 1.54) is 32.4 Å². The molecule has 0 saturated heterocycles. The van der Waals surface area contributed by atoms with Crippen molar-refractivity contribution in [1.82, 2.24) is 4.31 Å². The van der Waals surface area contributed by atoms with Gasteiger partial charge < -0.3 is 19.3 Å². The number of hydrogen-bond donors (Lipinski definition) is 1. The number of rotatable bonds is 17. The summed E-state index contributed by atoms with van der Waals surface area (Å²) in [6.07, 6.45) is 1.90. The Morgan fingerprint density at radius 1 is 1.02 bits per heavy atom. The highest BCUT2D eigenvalue weighted by Gasteiger charge is 2.35. The van der Waals surface area contributed by atoms with Gasteiger partial charge in [-0.25, -0.2) is 8.42 Å². The van der Waals surface area contributed by atoms with E-state index in [0.717, 1.165) is 22.0 Å². The highest BCUT2D eigenvalue weighted by Crippen LogP contribution is 2.31. The summed E-state index contributed by atoms with van der Waals surface area (Å²) in [5.74, 6) is 0.936. The van der Waals surface area contributed by atoms with Gasteiger partial charge in [0.05, 0.1) is 42.8 Å². The van der Waals surface area contributed by atoms with Crippen LogP contribution in [-0.2, 0) is 27.9 Å². The molecule has 0 aliphatic carbocycles. The number of nitro groups is 1. The molecule has 2 atom stereocenters. The highest BCUT2D eigenvalue weighted by atomic mass is 32.2. The molecule has 0 aliphatic rings. The van der Waals surface area contributed by atoms with Gasteiger partial charge in [0.25, 0.3) is 5.69 Å². The van der Waals surface area contributed by atoms with Crippen LogP contribution in [0.25, 0.3) is 0 Å². The summed E-state index contributed by atoms with van der Waals surface area (Å²) in [5, 5.41) is 22.3. The maximum absolute atomic E-state index is 13.9. The molecule has 0 heterocycles. The molecule has 1 N–H and O–H groups in total. The van der Waals surface area contributed by atoms with Crippen LogP contribution in [-0.4, -0.2) is 55.7 Å². The van der Waals surface area contributed by atoms with Crippen molar-refractivity contribution in [3.63, 3.8) is 0 Å². The van der Waals surface area contributed by atoms with E-state index in [9.17, 15) is 23.6 Å². The second kappa shape index (κ2) is 15.3. The number of unbranched alkanes of at least 4 members (excludes halogenated alkanes) is 1. The van der Waals surface area contributed by atoms with Crippen molar-refractivity contribution < 1.29 is 32.7 Å². The molecular weight excluding hydrogens is 548 g/mol. The lowest BCUT2D eigenvalue weighted by Crippen LogP contribution is -2.45. The standard InChI is InChI=1S/C30H36N2O8S/c1-4-28(29(33)12-8-9-19-40-22-23-10-6-5-7-11-23)31(21-24-13-16-26(38-2)20-30(24)39-3)41(36,37)27-17-14-25(15-18-27)32(34)35/h4-7,10-11,13-18,20,28-29,33H,1,8-9,12,19,21-22H2,2-3H3/t28-,29+/m1/s1. The fourth-order valence-electron chi connectivity index (χ4n) is 4.34. The van der Waals surface area contributed by atoms with E-state index in [4.69, 9.17) is 14.2 Å². The molecule has 0 saturated carbocycles. The maximum atomic E-state index is 13.9. The van der Waals surface area contributed by atoms with E-state index in [2.05, 4.69) is 6.58 Å². The van der Waals surface area contributed by atoms with Crippen molar-refractivity contribution in [1.29, 1.82) is 0 Å². The number of ether oxygens (including phenoxy) is 3. The molecule has 0 bridgehead atoms. The molecule has 3 aromatic rings. The largest absolute Gasteiger partial charge is 0.497 e. The molecule has 0 radical (unpaired) electrons. The van der Waals surface area contributed by atoms with Crippen LogP contribution >= 0.6 is 0 Å². The van der Waals surface area contributed by atoms with Crippen LogP contribution in [0.15, 0.2) is 90.3 Å². The molecule has 3 rings (SSSR count). The van der Waals surface area contributed by atoms with Gasteiger partial charge in [0.1, 0.15) is 11.5 Å². The summed E-state index contributed by atoms with van der Waals surface area (Å²) in [6.45, 7) is 4.65. The summed E-state index contributed by atoms with van der Waals surface area (Å²) in [4.78, 5) is 10.4. The van der Waals surface area contributed by atoms with Gasteiger partial charge in [-0.1, -0.05) is 42.5 Å². The molecule has 0 aliphatic heterocycles. The summed E-state index contributed by atoms with van der Waals surface area (Å²) < 4.78 is 45.4. The zero-order valence-corrected chi connectivity index (χ0v) is 24.0. The van der Waals surface area contributed by atoms with Crippen molar-refractivity contribution in [2.45, 2.75) is 49.5 Å². The molecule has 11 heteroatoms. The summed E-state index contributed by atoms with van der Waals surface area (Å²) in [7, 11) is -1.26. The normalized spacial score (nSPS) is 13.0. The lowest BCUT2D eigenvalue weighted by molar-refractivity contribution is -0.384. The first-order chi connectivity index (χ1) is 19.7. The number of hydrogen-bond acceptors (Lipinski definition) is 8. The van der Waals surface area contributed by atoms with E-state index >= 15 is 0 Å². The second-order valence-electron chi connectivity index (χ2n) is 9.31. The van der Waals surface area contributed by atoms with Gasteiger partial charge >= 0.3 is 0 Å². The Kier molecular flexibility index (Phi) is 11.8. The number of nitro benzene ring substituents is 1. The van der Waals surface area contributed by atoms with Gasteiger partial charge in [-0.2, -0.15) is 4.31 Å². The second-order valence-corrected chi connectivity index (χ2v) is 11.2. The zero-order valence-electron chi connectivity index (χ0n) is 23.2. The summed E-state index contributed by atoms with van der Waals surface area (Å²) >= 11 is 0. The molecule has 41 heavy (non-hydrogen) atoms. The van der Waals surface area contributed by atoms with Gasteiger partial charge in [0.15, 0.2) is 0 Å². The fourth-order valence-corrected chi connectivity index (χ4v) is 5.94. The van der Waals surface area contributed by atoms with Crippen molar-refractivity contribution in [3.05, 3.63) is 107 Å². The molecule has 0 amide bonds. The van der Waals surface area contributed by atoms with Crippen LogP contribution in [0, 0.1) is 10.1 Å². The number of sulfonamides is 1. The monoisotopic (exact) mass is 584 g/mol. The lowest BCUT2D eigenvalue weighted by atomic mass is 10.0. The molecule has 0 unspecified atom stereocenters. The van der Waals surface area contributed by atoms with Gasteiger partial charge in [-0.05, 0) is 43.0 Å². The quantitative estimate of drug-likeness (QED) is 0.100. The SMILES string of the molecule is C=C[C@H]([C@@H](O)CCCCOCc1ccccc1)N(Cc1ccc(OC)cc1OC)S(=O)(=O)c1ccc([N+](=O)[O-])cc1. The van der Waals surface area contributed by atoms with Crippen molar-refractivity contribution in [2.24, 2.45) is 0 Å². The van der Waals surface area contributed by atoms with Gasteiger partial charge in [-0.3, -0.25) is 10.1 Å². The Morgan fingerprint density at radius 3 is 2.34 bits per heavy atom. The van der Waals surface area contributed by atoms with Crippen LogP contribution in [0.4, 0.5) is 5.69 Å². The molecular formula is C30H36N2O8S. The van der Waals surface area contributed by atoms with Gasteiger partial charge in [0, 0.05) is 36.9 Å². The van der Waals surface area contributed by atoms with Crippen LogP contribution in [0.2, 0.25) is 0 Å². The third-order valence-corrected chi connectivity index (χ3v) is 8.45. The van der Waals surface area contributed by atoms with Gasteiger partial charge in [0.2, 0.25) is 10.0 Å². The number of aliphatic hydroxyl groups is 1. The van der Waals surface area contributed by atoms with E-state index in [1.807, 2.05) is 30.3 Å². The Balaban J connectivity index is 1.80. The lowest BCUT2D eigenvalue weighted by Gasteiger charge is -2.32. The Bertz CT molecular complexity index is 1380. The Labute approximate surface area is 241 Å². The Hall–Kier alpha value is -3.77. The minimum Gasteiger partial charge on any atom is -0.497 e. The molecule has 3 aromatic carbocycles. The first-order valence-electron chi connectivity index (χ1n) is 13.1. The van der Waals surface area contributed by atoms with Crippen molar-refractivity contribution >= 4 is 15.7 Å². The number of nitrogens with zero attached hydrogens (tertiary/aromatic N) is 2. The number of non-ortho nitro benzene ring substituents is 1. The first kappa shape index (κ1) is 31.8. The predicted octanol–water partition coefficient (Wildman–Crippen LogP) is 5.11. The summed E-state index contributed by atoms with van der Waals surface area (Å²) in [5.41, 5.74) is 1.37. The average Bonchev–Trinajstić information content (AvgIpc) is 2.99. The Morgan fingerprint density at radius 2 is 1.73 bits per heavy atom. The highest BCUT2D eigenvalue weighted by molar-refractivity contribution is 7.89. The zero-order chi connectivity index (χ0) is 29.8. The van der Waals surface area contributed by atoms with E-state index in [-0.39, 0.29) is 17.1 Å². The van der Waals surface area contributed by atoms with Gasteiger partial charge in [-0.15, -0.1) is 6.58 Å². The first-order valence-corrected chi connectivity index (χ1v) is 14.5. The fraction of sp³-hybridized carbons (Fsp3) is 0.333. The predicted molar refractivity (Wildman–Crippen MR) is 155 cm³/mol. The molecule has 10 nitrogen and oxygen atoms in total. The average molecular weight is 585 g/mol. The minimum absolute atomic E-state index is 0.149. The topological polar surface area (TPSA) is 128 Å². The minimum atomic E-state index is -4.24. The van der Waals surface area contributed by atoms with Crippen LogP contribution < -0.4 is 9.47 Å². The van der Waals surface area contributed by atoms with Crippen molar-refractivity contribution in [2.75, 3.05) is 20.8 Å². The maximum Gasteiger partial charge on any atom is 0.269 e. The summed E-state index contributed by atoms with van der Waals surface area (Å²) in [6, 6.07) is 18.4. The van der Waals surface area contributed by atoms with E-state index in [0.29, 0.717) is 49.5 Å². The molecule has 0 aromatic heterocycles. The number of benzene rings is 3. The van der Waals surface area contributed by atoms with Crippen LogP contribution in [0.3, 0.4) is 0 Å². The number of methoxy groups -OCH3 is 2. The van der Waals surface area contributed by atoms with E-state index < -0.39 is 27.1 Å². The van der Waals surface area contributed by atoms with Crippen LogP contribution in [0.5, 0.6) is 11.5 Å². The third kappa shape index (κ3) is 8.61. The molecule has 0 spiro atoms. The molecule has 0 fully saturated rings. The van der Waals surface area contributed by atoms with E-state index in [1.54, 1.807) is 18.2 Å².